The number of esters is 1. The van der Waals surface area contributed by atoms with Crippen LogP contribution in [-0.2, 0) is 9.53 Å². The third-order valence-electron chi connectivity index (χ3n) is 3.73. The number of rotatable bonds is 6. The smallest absolute Gasteiger partial charge is 0.339 e. The molecule has 0 spiro atoms. The third-order valence-corrected chi connectivity index (χ3v) is 4.47. The highest BCUT2D eigenvalue weighted by molar-refractivity contribution is 6.42. The zero-order valence-electron chi connectivity index (χ0n) is 15.6. The van der Waals surface area contributed by atoms with Crippen molar-refractivity contribution < 1.29 is 19.1 Å². The van der Waals surface area contributed by atoms with E-state index in [-0.39, 0.29) is 18.8 Å². The second-order valence-electron chi connectivity index (χ2n) is 5.89. The number of halogens is 2. The van der Waals surface area contributed by atoms with Crippen LogP contribution in [0.4, 0.5) is 5.69 Å². The number of hydrogen-bond acceptors (Lipinski definition) is 5. The number of hydrogen-bond donors (Lipinski definition) is 1. The van der Waals surface area contributed by atoms with Gasteiger partial charge in [-0.1, -0.05) is 23.2 Å². The number of benzene rings is 1. The van der Waals surface area contributed by atoms with E-state index in [4.69, 9.17) is 27.9 Å². The second-order valence-corrected chi connectivity index (χ2v) is 6.70. The molecule has 0 unspecified atom stereocenters. The third kappa shape index (κ3) is 5.43. The maximum atomic E-state index is 12.5. The first kappa shape index (κ1) is 21.7. The van der Waals surface area contributed by atoms with Gasteiger partial charge in [0.2, 0.25) is 5.91 Å². The predicted octanol–water partition coefficient (Wildman–Crippen LogP) is 3.58. The van der Waals surface area contributed by atoms with E-state index in [0.717, 1.165) is 0 Å². The Hall–Kier alpha value is -2.64. The van der Waals surface area contributed by atoms with Crippen molar-refractivity contribution in [1.82, 2.24) is 9.88 Å². The van der Waals surface area contributed by atoms with Gasteiger partial charge in [0, 0.05) is 12.7 Å². The molecule has 0 aliphatic rings. The van der Waals surface area contributed by atoms with Gasteiger partial charge in [0.1, 0.15) is 5.69 Å². The van der Waals surface area contributed by atoms with E-state index in [1.54, 1.807) is 26.0 Å². The molecule has 2 aromatic rings. The molecule has 0 radical (unpaired) electrons. The molecule has 148 valence electrons. The van der Waals surface area contributed by atoms with Gasteiger partial charge in [-0.2, -0.15) is 0 Å². The summed E-state index contributed by atoms with van der Waals surface area (Å²) in [7, 11) is 1.48. The van der Waals surface area contributed by atoms with E-state index in [9.17, 15) is 14.4 Å². The number of aromatic nitrogens is 1. The molecular weight excluding hydrogens is 405 g/mol. The summed E-state index contributed by atoms with van der Waals surface area (Å²) >= 11 is 11.8. The van der Waals surface area contributed by atoms with Gasteiger partial charge in [-0.25, -0.2) is 9.78 Å². The van der Waals surface area contributed by atoms with Crippen molar-refractivity contribution in [2.75, 3.05) is 25.5 Å². The maximum Gasteiger partial charge on any atom is 0.339 e. The van der Waals surface area contributed by atoms with Crippen LogP contribution in [0.1, 0.15) is 33.5 Å². The van der Waals surface area contributed by atoms with Crippen LogP contribution in [-0.4, -0.2) is 47.9 Å². The van der Waals surface area contributed by atoms with Crippen molar-refractivity contribution in [3.8, 4) is 0 Å². The van der Waals surface area contributed by atoms with Crippen molar-refractivity contribution in [2.24, 2.45) is 0 Å². The fraction of sp³-hybridized carbons (Fsp3) is 0.263. The minimum Gasteiger partial charge on any atom is -0.462 e. The largest absolute Gasteiger partial charge is 0.462 e. The fourth-order valence-electron chi connectivity index (χ4n) is 2.36. The van der Waals surface area contributed by atoms with Gasteiger partial charge in [-0.3, -0.25) is 9.59 Å². The van der Waals surface area contributed by atoms with Crippen LogP contribution < -0.4 is 5.32 Å². The number of nitrogens with one attached hydrogen (secondary N) is 1. The second kappa shape index (κ2) is 9.52. The Morgan fingerprint density at radius 3 is 2.46 bits per heavy atom. The van der Waals surface area contributed by atoms with Crippen molar-refractivity contribution in [2.45, 2.75) is 13.8 Å². The lowest BCUT2D eigenvalue weighted by Gasteiger charge is -2.17. The van der Waals surface area contributed by atoms with Gasteiger partial charge in [-0.05, 0) is 44.2 Å². The lowest BCUT2D eigenvalue weighted by Crippen LogP contribution is -2.35. The summed E-state index contributed by atoms with van der Waals surface area (Å²) < 4.78 is 4.94. The Bertz CT molecular complexity index is 918. The maximum absolute atomic E-state index is 12.5. The molecule has 0 atom stereocenters. The molecule has 1 heterocycles. The number of carbonyl (C=O) groups is 3. The van der Waals surface area contributed by atoms with Crippen molar-refractivity contribution in [3.05, 3.63) is 57.3 Å². The lowest BCUT2D eigenvalue weighted by molar-refractivity contribution is -0.116. The molecular formula is C19H19Cl2N3O4. The summed E-state index contributed by atoms with van der Waals surface area (Å²) in [5.41, 5.74) is 1.25. The molecule has 0 fully saturated rings. The highest BCUT2D eigenvalue weighted by Crippen LogP contribution is 2.25. The van der Waals surface area contributed by atoms with Crippen LogP contribution in [0.25, 0.3) is 0 Å². The predicted molar refractivity (Wildman–Crippen MR) is 107 cm³/mol. The quantitative estimate of drug-likeness (QED) is 0.717. The fourth-order valence-corrected chi connectivity index (χ4v) is 2.66. The molecule has 2 rings (SSSR count). The van der Waals surface area contributed by atoms with Gasteiger partial charge in [0.25, 0.3) is 5.91 Å². The Kier molecular flexibility index (Phi) is 7.37. The average molecular weight is 424 g/mol. The summed E-state index contributed by atoms with van der Waals surface area (Å²) in [5, 5.41) is 3.32. The number of aryl methyl sites for hydroxylation is 1. The molecule has 1 aromatic carbocycles. The number of amides is 2. The van der Waals surface area contributed by atoms with Crippen LogP contribution in [0, 0.1) is 6.92 Å². The van der Waals surface area contributed by atoms with E-state index in [0.29, 0.717) is 27.0 Å². The summed E-state index contributed by atoms with van der Waals surface area (Å²) in [4.78, 5) is 41.9. The van der Waals surface area contributed by atoms with Gasteiger partial charge >= 0.3 is 5.97 Å². The number of nitrogens with zero attached hydrogens (tertiary/aromatic N) is 2. The molecule has 1 N–H and O–H groups in total. The van der Waals surface area contributed by atoms with Crippen LogP contribution in [0.2, 0.25) is 10.0 Å². The summed E-state index contributed by atoms with van der Waals surface area (Å²) in [5.74, 6) is -1.36. The van der Waals surface area contributed by atoms with Gasteiger partial charge in [0.05, 0.1) is 34.5 Å². The van der Waals surface area contributed by atoms with Gasteiger partial charge in [0.15, 0.2) is 0 Å². The molecule has 9 heteroatoms. The van der Waals surface area contributed by atoms with Crippen LogP contribution >= 0.6 is 23.2 Å². The molecule has 0 bridgehead atoms. The van der Waals surface area contributed by atoms with E-state index in [2.05, 4.69) is 10.3 Å². The van der Waals surface area contributed by atoms with Crippen LogP contribution in [0.3, 0.4) is 0 Å². The number of carbonyl (C=O) groups excluding carboxylic acids is 3. The zero-order valence-corrected chi connectivity index (χ0v) is 17.1. The van der Waals surface area contributed by atoms with Crippen molar-refractivity contribution in [1.29, 1.82) is 0 Å². The first-order valence-corrected chi connectivity index (χ1v) is 9.13. The molecule has 0 saturated carbocycles. The summed E-state index contributed by atoms with van der Waals surface area (Å²) in [6.45, 7) is 3.37. The number of likely N-dealkylation sites (N-methyl/N-ethyl adjacent to an activating group) is 1. The Labute approximate surface area is 172 Å². The van der Waals surface area contributed by atoms with E-state index < -0.39 is 17.8 Å². The van der Waals surface area contributed by atoms with E-state index >= 15 is 0 Å². The van der Waals surface area contributed by atoms with Crippen LogP contribution in [0.15, 0.2) is 30.3 Å². The minimum absolute atomic E-state index is 0.121. The van der Waals surface area contributed by atoms with Gasteiger partial charge in [-0.15, -0.1) is 0 Å². The molecule has 0 aliphatic carbocycles. The number of pyridine rings is 1. The molecule has 0 aliphatic heterocycles. The normalized spacial score (nSPS) is 10.3. The average Bonchev–Trinajstić information content (AvgIpc) is 2.64. The summed E-state index contributed by atoms with van der Waals surface area (Å²) in [6, 6.07) is 7.59. The van der Waals surface area contributed by atoms with E-state index in [1.807, 2.05) is 0 Å². The SMILES string of the molecule is CCOC(=O)c1ccc(C(=O)N(C)CC(=O)Nc2ccc(Cl)c(Cl)c2)nc1C. The molecule has 7 nitrogen and oxygen atoms in total. The Morgan fingerprint density at radius 2 is 1.86 bits per heavy atom. The highest BCUT2D eigenvalue weighted by atomic mass is 35.5. The first-order chi connectivity index (χ1) is 13.2. The lowest BCUT2D eigenvalue weighted by atomic mass is 10.2. The van der Waals surface area contributed by atoms with Crippen LogP contribution in [0.5, 0.6) is 0 Å². The minimum atomic E-state index is -0.499. The van der Waals surface area contributed by atoms with Crippen molar-refractivity contribution >= 4 is 46.7 Å². The van der Waals surface area contributed by atoms with E-state index in [1.165, 1.54) is 30.1 Å². The molecule has 1 aromatic heterocycles. The van der Waals surface area contributed by atoms with Gasteiger partial charge < -0.3 is 15.0 Å². The van der Waals surface area contributed by atoms with Crippen molar-refractivity contribution in [3.63, 3.8) is 0 Å². The Morgan fingerprint density at radius 1 is 1.14 bits per heavy atom. The first-order valence-electron chi connectivity index (χ1n) is 8.38. The number of ether oxygens (including phenoxy) is 1. The number of anilines is 1. The molecule has 2 amide bonds. The monoisotopic (exact) mass is 423 g/mol. The molecule has 0 saturated heterocycles. The zero-order chi connectivity index (χ0) is 20.8. The topological polar surface area (TPSA) is 88.6 Å². The summed E-state index contributed by atoms with van der Waals surface area (Å²) in [6.07, 6.45) is 0. The highest BCUT2D eigenvalue weighted by Gasteiger charge is 2.19. The standard InChI is InChI=1S/C19H19Cl2N3O4/c1-4-28-19(27)13-6-8-16(22-11(13)2)18(26)24(3)10-17(25)23-12-5-7-14(20)15(21)9-12/h5-9H,4,10H2,1-3H3,(H,23,25). The molecule has 28 heavy (non-hydrogen) atoms. The Balaban J connectivity index is 2.03.